The van der Waals surface area contributed by atoms with Gasteiger partial charge in [-0.1, -0.05) is 19.1 Å². The van der Waals surface area contributed by atoms with E-state index in [0.717, 1.165) is 31.5 Å². The summed E-state index contributed by atoms with van der Waals surface area (Å²) in [4.78, 5) is 11.8. The number of carbonyl (C=O) groups excluding carboxylic acids is 1. The average molecular weight is 276 g/mol. The Morgan fingerprint density at radius 1 is 1.45 bits per heavy atom. The third-order valence-electron chi connectivity index (χ3n) is 3.67. The second-order valence-electron chi connectivity index (χ2n) is 5.69. The minimum absolute atomic E-state index is 0.110. The van der Waals surface area contributed by atoms with Gasteiger partial charge < -0.3 is 10.6 Å². The van der Waals surface area contributed by atoms with Crippen molar-refractivity contribution in [3.63, 3.8) is 0 Å². The van der Waals surface area contributed by atoms with Crippen LogP contribution in [0.15, 0.2) is 30.3 Å². The highest BCUT2D eigenvalue weighted by Crippen LogP contribution is 2.24. The van der Waals surface area contributed by atoms with E-state index in [0.29, 0.717) is 6.54 Å². The average Bonchev–Trinajstić information content (AvgIpc) is 2.45. The van der Waals surface area contributed by atoms with Crippen LogP contribution < -0.4 is 10.6 Å². The van der Waals surface area contributed by atoms with Crippen LogP contribution in [0.1, 0.15) is 25.3 Å². The summed E-state index contributed by atoms with van der Waals surface area (Å²) in [6, 6.07) is 6.05. The lowest BCUT2D eigenvalue weighted by molar-refractivity contribution is -0.116. The molecule has 0 saturated carbocycles. The Bertz CT molecular complexity index is 476. The molecular formula is C16H21FN2O. The van der Waals surface area contributed by atoms with Crippen molar-refractivity contribution in [3.8, 4) is 0 Å². The van der Waals surface area contributed by atoms with E-state index in [9.17, 15) is 9.18 Å². The lowest BCUT2D eigenvalue weighted by Gasteiger charge is -2.34. The minimum Gasteiger partial charge on any atom is -0.352 e. The van der Waals surface area contributed by atoms with Gasteiger partial charge in [0, 0.05) is 19.2 Å². The van der Waals surface area contributed by atoms with Crippen molar-refractivity contribution >= 4 is 12.0 Å². The highest BCUT2D eigenvalue weighted by molar-refractivity contribution is 5.91. The first-order valence-electron chi connectivity index (χ1n) is 7.00. The van der Waals surface area contributed by atoms with Crippen molar-refractivity contribution in [1.29, 1.82) is 0 Å². The SMILES string of the molecule is CC1(CNC(=O)/C=C/c2ccc(F)cc2)CCCNC1. The molecule has 4 heteroatoms. The van der Waals surface area contributed by atoms with E-state index in [2.05, 4.69) is 17.6 Å². The van der Waals surface area contributed by atoms with Gasteiger partial charge in [-0.05, 0) is 48.6 Å². The molecule has 1 heterocycles. The molecule has 20 heavy (non-hydrogen) atoms. The minimum atomic E-state index is -0.274. The number of halogens is 1. The number of rotatable bonds is 4. The van der Waals surface area contributed by atoms with Gasteiger partial charge in [-0.2, -0.15) is 0 Å². The number of hydrogen-bond donors (Lipinski definition) is 2. The maximum absolute atomic E-state index is 12.7. The molecule has 108 valence electrons. The Morgan fingerprint density at radius 3 is 2.85 bits per heavy atom. The zero-order chi connectivity index (χ0) is 14.4. The molecule has 1 aromatic rings. The molecule has 1 amide bonds. The van der Waals surface area contributed by atoms with Gasteiger partial charge in [-0.15, -0.1) is 0 Å². The molecule has 3 nitrogen and oxygen atoms in total. The maximum Gasteiger partial charge on any atom is 0.244 e. The van der Waals surface area contributed by atoms with Crippen molar-refractivity contribution in [1.82, 2.24) is 10.6 Å². The van der Waals surface area contributed by atoms with Crippen LogP contribution >= 0.6 is 0 Å². The van der Waals surface area contributed by atoms with E-state index in [1.54, 1.807) is 18.2 Å². The second kappa shape index (κ2) is 6.66. The molecule has 0 radical (unpaired) electrons. The largest absolute Gasteiger partial charge is 0.352 e. The van der Waals surface area contributed by atoms with Crippen LogP contribution in [-0.4, -0.2) is 25.5 Å². The van der Waals surface area contributed by atoms with E-state index in [1.807, 2.05) is 0 Å². The maximum atomic E-state index is 12.7. The number of hydrogen-bond acceptors (Lipinski definition) is 2. The summed E-state index contributed by atoms with van der Waals surface area (Å²) in [5.74, 6) is -0.384. The van der Waals surface area contributed by atoms with Crippen molar-refractivity contribution < 1.29 is 9.18 Å². The number of amides is 1. The molecule has 1 aliphatic heterocycles. The van der Waals surface area contributed by atoms with Crippen LogP contribution in [0.25, 0.3) is 6.08 Å². The molecule has 0 aliphatic carbocycles. The highest BCUT2D eigenvalue weighted by Gasteiger charge is 2.26. The molecular weight excluding hydrogens is 255 g/mol. The fourth-order valence-electron chi connectivity index (χ4n) is 2.37. The molecule has 1 aromatic carbocycles. The molecule has 1 aliphatic rings. The Kier molecular flexibility index (Phi) is 4.90. The third-order valence-corrected chi connectivity index (χ3v) is 3.67. The van der Waals surface area contributed by atoms with Gasteiger partial charge >= 0.3 is 0 Å². The molecule has 0 aromatic heterocycles. The highest BCUT2D eigenvalue weighted by atomic mass is 19.1. The standard InChI is InChI=1S/C16H21FN2O/c1-16(9-2-10-18-11-16)12-19-15(20)8-5-13-3-6-14(17)7-4-13/h3-8,18H,2,9-12H2,1H3,(H,19,20)/b8-5+. The van der Waals surface area contributed by atoms with Gasteiger partial charge in [0.15, 0.2) is 0 Å². The topological polar surface area (TPSA) is 41.1 Å². The van der Waals surface area contributed by atoms with Gasteiger partial charge in [0.1, 0.15) is 5.82 Å². The Hall–Kier alpha value is -1.68. The fraction of sp³-hybridized carbons (Fsp3) is 0.438. The van der Waals surface area contributed by atoms with Gasteiger partial charge in [0.05, 0.1) is 0 Å². The van der Waals surface area contributed by atoms with Gasteiger partial charge in [-0.3, -0.25) is 4.79 Å². The predicted molar refractivity (Wildman–Crippen MR) is 78.7 cm³/mol. The molecule has 1 atom stereocenters. The Morgan fingerprint density at radius 2 is 2.20 bits per heavy atom. The van der Waals surface area contributed by atoms with E-state index in [1.165, 1.54) is 18.2 Å². The van der Waals surface area contributed by atoms with Crippen LogP contribution in [0.3, 0.4) is 0 Å². The summed E-state index contributed by atoms with van der Waals surface area (Å²) in [6.07, 6.45) is 5.46. The number of benzene rings is 1. The smallest absolute Gasteiger partial charge is 0.244 e. The number of piperidine rings is 1. The van der Waals surface area contributed by atoms with E-state index < -0.39 is 0 Å². The Balaban J connectivity index is 1.81. The summed E-state index contributed by atoms with van der Waals surface area (Å²) >= 11 is 0. The van der Waals surface area contributed by atoms with Crippen LogP contribution in [0, 0.1) is 11.2 Å². The van der Waals surface area contributed by atoms with Crippen LogP contribution in [-0.2, 0) is 4.79 Å². The normalized spacial score (nSPS) is 22.9. The number of carbonyl (C=O) groups is 1. The monoisotopic (exact) mass is 276 g/mol. The van der Waals surface area contributed by atoms with Gasteiger partial charge in [0.25, 0.3) is 0 Å². The first-order valence-corrected chi connectivity index (χ1v) is 7.00. The lowest BCUT2D eigenvalue weighted by Crippen LogP contribution is -2.45. The summed E-state index contributed by atoms with van der Waals surface area (Å²) in [6.45, 7) is 4.86. The Labute approximate surface area is 119 Å². The molecule has 2 N–H and O–H groups in total. The van der Waals surface area contributed by atoms with Gasteiger partial charge in [-0.25, -0.2) is 4.39 Å². The summed E-state index contributed by atoms with van der Waals surface area (Å²) < 4.78 is 12.7. The van der Waals surface area contributed by atoms with Crippen molar-refractivity contribution in [2.45, 2.75) is 19.8 Å². The van der Waals surface area contributed by atoms with Crippen molar-refractivity contribution in [3.05, 3.63) is 41.7 Å². The van der Waals surface area contributed by atoms with E-state index in [4.69, 9.17) is 0 Å². The van der Waals surface area contributed by atoms with E-state index in [-0.39, 0.29) is 17.1 Å². The zero-order valence-corrected chi connectivity index (χ0v) is 11.8. The fourth-order valence-corrected chi connectivity index (χ4v) is 2.37. The quantitative estimate of drug-likeness (QED) is 0.829. The first-order chi connectivity index (χ1) is 9.57. The second-order valence-corrected chi connectivity index (χ2v) is 5.69. The van der Waals surface area contributed by atoms with Crippen LogP contribution in [0.5, 0.6) is 0 Å². The summed E-state index contributed by atoms with van der Waals surface area (Å²) in [5, 5.41) is 6.29. The number of nitrogens with one attached hydrogen (secondary N) is 2. The first kappa shape index (κ1) is 14.7. The van der Waals surface area contributed by atoms with Gasteiger partial charge in [0.2, 0.25) is 5.91 Å². The molecule has 0 bridgehead atoms. The molecule has 2 rings (SSSR count). The lowest BCUT2D eigenvalue weighted by atomic mass is 9.83. The van der Waals surface area contributed by atoms with Crippen LogP contribution in [0.4, 0.5) is 4.39 Å². The molecule has 1 fully saturated rings. The summed E-state index contributed by atoms with van der Waals surface area (Å²) in [5.41, 5.74) is 0.949. The van der Waals surface area contributed by atoms with Crippen LogP contribution in [0.2, 0.25) is 0 Å². The van der Waals surface area contributed by atoms with Crippen molar-refractivity contribution in [2.24, 2.45) is 5.41 Å². The molecule has 0 spiro atoms. The predicted octanol–water partition coefficient (Wildman–Crippen LogP) is 2.34. The summed E-state index contributed by atoms with van der Waals surface area (Å²) in [7, 11) is 0. The molecule has 1 unspecified atom stereocenters. The van der Waals surface area contributed by atoms with E-state index >= 15 is 0 Å². The third kappa shape index (κ3) is 4.46. The molecule has 1 saturated heterocycles. The van der Waals surface area contributed by atoms with Crippen molar-refractivity contribution in [2.75, 3.05) is 19.6 Å². The zero-order valence-electron chi connectivity index (χ0n) is 11.8.